The Kier molecular flexibility index (Phi) is 11.9. The minimum atomic E-state index is -0.669. The number of benzene rings is 1. The molecule has 3 aliphatic rings. The molecule has 2 atom stereocenters. The fraction of sp³-hybridized carbons (Fsp3) is 0.550. The van der Waals surface area contributed by atoms with E-state index in [2.05, 4.69) is 36.4 Å². The van der Waals surface area contributed by atoms with Crippen molar-refractivity contribution in [1.29, 1.82) is 0 Å². The Balaban J connectivity index is 1.59. The number of hydrogen-bond acceptors (Lipinski definition) is 7. The zero-order chi connectivity index (χ0) is 36.2. The number of Topliss-reactive ketones (excluding diaryl/α,β-unsaturated/α-hetero) is 1. The summed E-state index contributed by atoms with van der Waals surface area (Å²) in [5.74, 6) is -0.0460. The van der Waals surface area contributed by atoms with Gasteiger partial charge < -0.3 is 25.4 Å². The van der Waals surface area contributed by atoms with Gasteiger partial charge in [-0.1, -0.05) is 39.3 Å². The zero-order valence-corrected chi connectivity index (χ0v) is 30.6. The van der Waals surface area contributed by atoms with Gasteiger partial charge in [0.25, 0.3) is 0 Å². The van der Waals surface area contributed by atoms with Crippen LogP contribution in [-0.4, -0.2) is 56.1 Å². The highest BCUT2D eigenvalue weighted by atomic mass is 19.1. The molecule has 0 radical (unpaired) electrons. The van der Waals surface area contributed by atoms with Crippen LogP contribution in [0.2, 0.25) is 0 Å². The van der Waals surface area contributed by atoms with Crippen molar-refractivity contribution >= 4 is 34.1 Å². The molecule has 1 fully saturated rings. The Labute approximate surface area is 295 Å². The summed E-state index contributed by atoms with van der Waals surface area (Å²) in [6.45, 7) is 14.4. The first-order valence-electron chi connectivity index (χ1n) is 18.1. The van der Waals surface area contributed by atoms with Gasteiger partial charge in [0, 0.05) is 22.9 Å². The van der Waals surface area contributed by atoms with Gasteiger partial charge in [-0.3, -0.25) is 14.4 Å². The topological polar surface area (TPSA) is 119 Å². The molecule has 2 aliphatic carbocycles. The zero-order valence-electron chi connectivity index (χ0n) is 30.6. The summed E-state index contributed by atoms with van der Waals surface area (Å²) < 4.78 is 27.1. The van der Waals surface area contributed by atoms with Crippen LogP contribution in [-0.2, 0) is 36.7 Å². The van der Waals surface area contributed by atoms with Gasteiger partial charge in [0.15, 0.2) is 5.78 Å². The molecule has 2 amide bonds. The number of unbranched alkanes of at least 4 members (excludes halogenated alkanes) is 1. The summed E-state index contributed by atoms with van der Waals surface area (Å²) in [7, 11) is 1.70. The van der Waals surface area contributed by atoms with E-state index in [1.807, 2.05) is 19.9 Å². The number of likely N-dealkylation sites (N-methyl/N-ethyl adjacent to an activating group) is 1. The number of rotatable bonds is 15. The van der Waals surface area contributed by atoms with E-state index in [4.69, 9.17) is 14.5 Å². The number of carbonyl (C=O) groups is 3. The summed E-state index contributed by atoms with van der Waals surface area (Å²) in [6.07, 6.45) is 8.99. The molecule has 1 aromatic carbocycles. The number of nitrogens with zero attached hydrogens (tertiary/aromatic N) is 1. The van der Waals surface area contributed by atoms with Gasteiger partial charge in [-0.2, -0.15) is 0 Å². The van der Waals surface area contributed by atoms with Crippen molar-refractivity contribution in [2.45, 2.75) is 98.4 Å². The maximum Gasteiger partial charge on any atom is 0.235 e. The van der Waals surface area contributed by atoms with E-state index in [1.54, 1.807) is 14.0 Å². The predicted molar refractivity (Wildman–Crippen MR) is 194 cm³/mol. The molecule has 2 aromatic rings. The van der Waals surface area contributed by atoms with Crippen LogP contribution in [0.4, 0.5) is 4.39 Å². The first kappa shape index (κ1) is 37.4. The van der Waals surface area contributed by atoms with Crippen LogP contribution < -0.4 is 16.0 Å². The Bertz CT molecular complexity index is 1740. The largest absolute Gasteiger partial charge is 0.493 e. The smallest absolute Gasteiger partial charge is 0.235 e. The second kappa shape index (κ2) is 16.0. The summed E-state index contributed by atoms with van der Waals surface area (Å²) in [5.41, 5.74) is 6.70. The maximum atomic E-state index is 15.5. The summed E-state index contributed by atoms with van der Waals surface area (Å²) in [4.78, 5) is 44.0. The van der Waals surface area contributed by atoms with Crippen molar-refractivity contribution in [2.75, 3.05) is 33.5 Å². The van der Waals surface area contributed by atoms with Crippen LogP contribution in [0, 0.1) is 24.1 Å². The molecule has 5 rings (SSSR count). The van der Waals surface area contributed by atoms with Crippen LogP contribution in [0.25, 0.3) is 16.5 Å². The number of ketones is 1. The molecule has 50 heavy (non-hydrogen) atoms. The number of aryl methyl sites for hydroxylation is 1. The molecule has 1 aromatic heterocycles. The average molecular weight is 689 g/mol. The first-order valence-corrected chi connectivity index (χ1v) is 18.1. The van der Waals surface area contributed by atoms with Gasteiger partial charge >= 0.3 is 0 Å². The molecule has 0 spiro atoms. The SMILES string of the molecule is C=C1OCC(C(C)=O)=C(/C=C(\C)c2nc3cc(F)c(C)c4c3c(c2CCCC)C(NC(=O)C2(COCNC(=O)CNC)CCC2)CC4)C1CC. The lowest BCUT2D eigenvalue weighted by molar-refractivity contribution is -0.143. The standard InChI is InChI=1S/C40H53FN4O5/c1-8-10-12-29-37-33(45-39(48)40(15-11-16-40)21-49-22-43-35(47)19-42-7)14-13-28-24(4)32(41)18-34(36(28)37)44-38(29)23(3)17-30-27(9-2)26(6)50-20-31(30)25(5)46/h17-18,27,33,42H,6,8-16,19-22H2,1-5,7H3,(H,43,47)(H,45,48)/b23-17+. The molecule has 10 heteroatoms. The number of pyridine rings is 1. The fourth-order valence-electron chi connectivity index (χ4n) is 7.78. The van der Waals surface area contributed by atoms with Crippen molar-refractivity contribution in [1.82, 2.24) is 20.9 Å². The van der Waals surface area contributed by atoms with Gasteiger partial charge in [0.05, 0.1) is 41.6 Å². The van der Waals surface area contributed by atoms with Crippen molar-refractivity contribution in [3.05, 3.63) is 69.4 Å². The van der Waals surface area contributed by atoms with Crippen molar-refractivity contribution in [2.24, 2.45) is 11.3 Å². The third kappa shape index (κ3) is 7.42. The number of amides is 2. The highest BCUT2D eigenvalue weighted by Gasteiger charge is 2.46. The van der Waals surface area contributed by atoms with Gasteiger partial charge in [-0.15, -0.1) is 0 Å². The minimum Gasteiger partial charge on any atom is -0.493 e. The van der Waals surface area contributed by atoms with Crippen molar-refractivity contribution < 1.29 is 28.2 Å². The quantitative estimate of drug-likeness (QED) is 0.145. The lowest BCUT2D eigenvalue weighted by atomic mass is 9.68. The van der Waals surface area contributed by atoms with Gasteiger partial charge in [0.1, 0.15) is 19.2 Å². The molecule has 2 heterocycles. The molecular weight excluding hydrogens is 635 g/mol. The van der Waals surface area contributed by atoms with E-state index < -0.39 is 5.41 Å². The average Bonchev–Trinajstić information content (AvgIpc) is 3.06. The van der Waals surface area contributed by atoms with Crippen LogP contribution >= 0.6 is 0 Å². The highest BCUT2D eigenvalue weighted by Crippen LogP contribution is 2.46. The van der Waals surface area contributed by atoms with E-state index in [9.17, 15) is 14.4 Å². The highest BCUT2D eigenvalue weighted by molar-refractivity contribution is 5.96. The van der Waals surface area contributed by atoms with Gasteiger partial charge in [0.2, 0.25) is 11.8 Å². The number of aromatic nitrogens is 1. The molecule has 1 aliphatic heterocycles. The normalized spacial score (nSPS) is 20.0. The number of nitrogens with one attached hydrogen (secondary N) is 3. The monoisotopic (exact) mass is 688 g/mol. The number of carbonyl (C=O) groups excluding carboxylic acids is 3. The molecule has 3 N–H and O–H groups in total. The number of ether oxygens (including phenoxy) is 2. The van der Waals surface area contributed by atoms with Crippen LogP contribution in [0.15, 0.2) is 35.6 Å². The van der Waals surface area contributed by atoms with E-state index in [1.165, 1.54) is 6.07 Å². The van der Waals surface area contributed by atoms with Gasteiger partial charge in [-0.25, -0.2) is 9.37 Å². The van der Waals surface area contributed by atoms with Crippen molar-refractivity contribution in [3.8, 4) is 0 Å². The van der Waals surface area contributed by atoms with Crippen LogP contribution in [0.1, 0.15) is 107 Å². The van der Waals surface area contributed by atoms with E-state index in [0.717, 1.165) is 71.0 Å². The minimum absolute atomic E-state index is 0.0398. The lowest BCUT2D eigenvalue weighted by Crippen LogP contribution is -2.50. The Hall–Kier alpha value is -3.89. The molecule has 0 bridgehead atoms. The van der Waals surface area contributed by atoms with E-state index >= 15 is 4.39 Å². The number of allylic oxidation sites excluding steroid dienone is 3. The third-order valence-electron chi connectivity index (χ3n) is 10.8. The molecular formula is C40H53FN4O5. The Morgan fingerprint density at radius 1 is 1.22 bits per heavy atom. The van der Waals surface area contributed by atoms with E-state index in [0.29, 0.717) is 48.1 Å². The maximum absolute atomic E-state index is 15.5. The first-order chi connectivity index (χ1) is 24.0. The Morgan fingerprint density at radius 2 is 1.98 bits per heavy atom. The molecule has 2 unspecified atom stereocenters. The van der Waals surface area contributed by atoms with E-state index in [-0.39, 0.29) is 61.9 Å². The van der Waals surface area contributed by atoms with Crippen LogP contribution in [0.5, 0.6) is 0 Å². The second-order valence-corrected chi connectivity index (χ2v) is 14.2. The molecule has 270 valence electrons. The molecule has 0 saturated heterocycles. The third-order valence-corrected chi connectivity index (χ3v) is 10.8. The fourth-order valence-corrected chi connectivity index (χ4v) is 7.78. The van der Waals surface area contributed by atoms with Gasteiger partial charge in [-0.05, 0) is 106 Å². The molecule has 9 nitrogen and oxygen atoms in total. The summed E-state index contributed by atoms with van der Waals surface area (Å²) >= 11 is 0. The van der Waals surface area contributed by atoms with Crippen LogP contribution in [0.3, 0.4) is 0 Å². The Morgan fingerprint density at radius 3 is 2.62 bits per heavy atom. The summed E-state index contributed by atoms with van der Waals surface area (Å²) in [6, 6.07) is 1.23. The summed E-state index contributed by atoms with van der Waals surface area (Å²) in [5, 5.41) is 9.90. The lowest BCUT2D eigenvalue weighted by Gasteiger charge is -2.41. The second-order valence-electron chi connectivity index (χ2n) is 14.2. The number of halogens is 1. The van der Waals surface area contributed by atoms with Crippen molar-refractivity contribution in [3.63, 3.8) is 0 Å². The predicted octanol–water partition coefficient (Wildman–Crippen LogP) is 6.47. The molecule has 1 saturated carbocycles. The number of hydrogen-bond donors (Lipinski definition) is 3.